The van der Waals surface area contributed by atoms with Gasteiger partial charge in [0, 0.05) is 18.2 Å². The molecule has 0 spiro atoms. The SMILES string of the molecule is COc1ccc(N[C@H](CO)[C@H](CO)Cc2ccccc2)cc1. The van der Waals surface area contributed by atoms with E-state index in [0.717, 1.165) is 17.0 Å². The highest BCUT2D eigenvalue weighted by Crippen LogP contribution is 2.19. The molecule has 0 unspecified atom stereocenters. The summed E-state index contributed by atoms with van der Waals surface area (Å²) in [5.41, 5.74) is 2.04. The first kappa shape index (κ1) is 16.3. The number of anilines is 1. The van der Waals surface area contributed by atoms with Gasteiger partial charge in [-0.2, -0.15) is 0 Å². The number of benzene rings is 2. The lowest BCUT2D eigenvalue weighted by Crippen LogP contribution is -2.36. The fourth-order valence-corrected chi connectivity index (χ4v) is 2.46. The van der Waals surface area contributed by atoms with Gasteiger partial charge in [-0.05, 0) is 36.2 Å². The molecule has 0 fully saturated rings. The van der Waals surface area contributed by atoms with Gasteiger partial charge in [0.1, 0.15) is 5.75 Å². The van der Waals surface area contributed by atoms with Crippen molar-refractivity contribution >= 4 is 5.69 Å². The summed E-state index contributed by atoms with van der Waals surface area (Å²) < 4.78 is 5.13. The first-order valence-electron chi connectivity index (χ1n) is 7.43. The fraction of sp³-hybridized carbons (Fsp3) is 0.333. The topological polar surface area (TPSA) is 61.7 Å². The summed E-state index contributed by atoms with van der Waals surface area (Å²) in [4.78, 5) is 0. The standard InChI is InChI=1S/C18H23NO3/c1-22-17-9-7-16(8-10-17)19-18(13-21)15(12-20)11-14-5-3-2-4-6-14/h2-10,15,18-21H,11-13H2,1H3/t15-,18+/m0/s1. The van der Waals surface area contributed by atoms with Crippen LogP contribution in [0.25, 0.3) is 0 Å². The molecule has 0 heterocycles. The van der Waals surface area contributed by atoms with E-state index in [1.807, 2.05) is 54.6 Å². The Morgan fingerprint density at radius 2 is 1.64 bits per heavy atom. The maximum atomic E-state index is 9.68. The van der Waals surface area contributed by atoms with Gasteiger partial charge in [-0.25, -0.2) is 0 Å². The molecule has 0 aliphatic rings. The van der Waals surface area contributed by atoms with Crippen molar-refractivity contribution in [2.75, 3.05) is 25.6 Å². The molecule has 0 aliphatic heterocycles. The Balaban J connectivity index is 2.04. The summed E-state index contributed by atoms with van der Waals surface area (Å²) in [6.45, 7) is -0.0205. The monoisotopic (exact) mass is 301 g/mol. The van der Waals surface area contributed by atoms with Crippen molar-refractivity contribution in [3.63, 3.8) is 0 Å². The zero-order valence-corrected chi connectivity index (χ0v) is 12.8. The Hall–Kier alpha value is -2.04. The number of aliphatic hydroxyl groups is 2. The van der Waals surface area contributed by atoms with Crippen molar-refractivity contribution in [3.8, 4) is 5.75 Å². The normalized spacial score (nSPS) is 13.4. The molecule has 0 aliphatic carbocycles. The summed E-state index contributed by atoms with van der Waals surface area (Å²) in [6.07, 6.45) is 0.714. The van der Waals surface area contributed by atoms with E-state index < -0.39 is 0 Å². The second-order valence-corrected chi connectivity index (χ2v) is 5.29. The smallest absolute Gasteiger partial charge is 0.119 e. The molecule has 0 radical (unpaired) electrons. The van der Waals surface area contributed by atoms with Crippen LogP contribution in [0, 0.1) is 5.92 Å². The second kappa shape index (κ2) is 8.41. The first-order valence-corrected chi connectivity index (χ1v) is 7.43. The summed E-state index contributed by atoms with van der Waals surface area (Å²) in [7, 11) is 1.63. The minimum Gasteiger partial charge on any atom is -0.497 e. The third-order valence-corrected chi connectivity index (χ3v) is 3.78. The average Bonchev–Trinajstić information content (AvgIpc) is 2.59. The Labute approximate surface area is 131 Å². The van der Waals surface area contributed by atoms with Gasteiger partial charge in [0.05, 0.1) is 19.8 Å². The van der Waals surface area contributed by atoms with Crippen LogP contribution in [0.15, 0.2) is 54.6 Å². The van der Waals surface area contributed by atoms with E-state index in [-0.39, 0.29) is 25.2 Å². The summed E-state index contributed by atoms with van der Waals surface area (Å²) >= 11 is 0. The van der Waals surface area contributed by atoms with E-state index in [2.05, 4.69) is 5.32 Å². The quantitative estimate of drug-likeness (QED) is 0.700. The molecule has 2 rings (SSSR count). The lowest BCUT2D eigenvalue weighted by atomic mass is 9.93. The molecule has 0 aromatic heterocycles. The largest absolute Gasteiger partial charge is 0.497 e. The van der Waals surface area contributed by atoms with Crippen LogP contribution in [0.3, 0.4) is 0 Å². The van der Waals surface area contributed by atoms with E-state index in [1.165, 1.54) is 0 Å². The van der Waals surface area contributed by atoms with E-state index in [4.69, 9.17) is 4.74 Å². The molecule has 2 aromatic rings. The van der Waals surface area contributed by atoms with Gasteiger partial charge in [-0.15, -0.1) is 0 Å². The lowest BCUT2D eigenvalue weighted by Gasteiger charge is -2.26. The molecule has 2 aromatic carbocycles. The molecular weight excluding hydrogens is 278 g/mol. The average molecular weight is 301 g/mol. The minimum atomic E-state index is -0.210. The molecule has 3 N–H and O–H groups in total. The van der Waals surface area contributed by atoms with E-state index in [0.29, 0.717) is 6.42 Å². The van der Waals surface area contributed by atoms with Crippen molar-refractivity contribution in [1.82, 2.24) is 0 Å². The molecule has 4 heteroatoms. The third-order valence-electron chi connectivity index (χ3n) is 3.78. The van der Waals surface area contributed by atoms with Crippen LogP contribution >= 0.6 is 0 Å². The lowest BCUT2D eigenvalue weighted by molar-refractivity contribution is 0.169. The Morgan fingerprint density at radius 3 is 2.18 bits per heavy atom. The molecule has 2 atom stereocenters. The Kier molecular flexibility index (Phi) is 6.25. The number of rotatable bonds is 8. The molecule has 4 nitrogen and oxygen atoms in total. The van der Waals surface area contributed by atoms with E-state index in [9.17, 15) is 10.2 Å². The van der Waals surface area contributed by atoms with Crippen LogP contribution in [0.5, 0.6) is 5.75 Å². The molecule has 22 heavy (non-hydrogen) atoms. The molecule has 0 amide bonds. The van der Waals surface area contributed by atoms with Crippen LogP contribution in [0.2, 0.25) is 0 Å². The number of methoxy groups -OCH3 is 1. The number of ether oxygens (including phenoxy) is 1. The maximum absolute atomic E-state index is 9.68. The zero-order chi connectivity index (χ0) is 15.8. The number of hydrogen-bond acceptors (Lipinski definition) is 4. The molecule has 0 bridgehead atoms. The molecule has 118 valence electrons. The highest BCUT2D eigenvalue weighted by Gasteiger charge is 2.20. The van der Waals surface area contributed by atoms with Crippen molar-refractivity contribution in [2.24, 2.45) is 5.92 Å². The summed E-state index contributed by atoms with van der Waals surface area (Å²) in [5, 5.41) is 22.6. The first-order chi connectivity index (χ1) is 10.8. The predicted octanol–water partition coefficient (Wildman–Crippen LogP) is 2.32. The van der Waals surface area contributed by atoms with Gasteiger partial charge in [0.15, 0.2) is 0 Å². The van der Waals surface area contributed by atoms with Gasteiger partial charge in [0.25, 0.3) is 0 Å². The van der Waals surface area contributed by atoms with Crippen molar-refractivity contribution < 1.29 is 14.9 Å². The van der Waals surface area contributed by atoms with Crippen molar-refractivity contribution in [1.29, 1.82) is 0 Å². The van der Waals surface area contributed by atoms with Crippen LogP contribution in [0.4, 0.5) is 5.69 Å². The van der Waals surface area contributed by atoms with Gasteiger partial charge in [-0.3, -0.25) is 0 Å². The van der Waals surface area contributed by atoms with E-state index >= 15 is 0 Å². The highest BCUT2D eigenvalue weighted by atomic mass is 16.5. The van der Waals surface area contributed by atoms with Gasteiger partial charge in [0.2, 0.25) is 0 Å². The molecular formula is C18H23NO3. The van der Waals surface area contributed by atoms with Crippen molar-refractivity contribution in [3.05, 3.63) is 60.2 Å². The minimum absolute atomic E-state index is 0.0171. The number of hydrogen-bond donors (Lipinski definition) is 3. The van der Waals surface area contributed by atoms with Crippen molar-refractivity contribution in [2.45, 2.75) is 12.5 Å². The summed E-state index contributed by atoms with van der Waals surface area (Å²) in [5.74, 6) is 0.726. The highest BCUT2D eigenvalue weighted by molar-refractivity contribution is 5.47. The molecule has 0 saturated carbocycles. The predicted molar refractivity (Wildman–Crippen MR) is 88.2 cm³/mol. The van der Waals surface area contributed by atoms with Crippen LogP contribution in [-0.2, 0) is 6.42 Å². The van der Waals surface area contributed by atoms with Crippen LogP contribution in [0.1, 0.15) is 5.56 Å². The molecule has 0 saturated heterocycles. The summed E-state index contributed by atoms with van der Waals surface area (Å²) in [6, 6.07) is 17.3. The Bertz CT molecular complexity index is 542. The fourth-order valence-electron chi connectivity index (χ4n) is 2.46. The van der Waals surface area contributed by atoms with Crippen LogP contribution in [-0.4, -0.2) is 36.6 Å². The van der Waals surface area contributed by atoms with Gasteiger partial charge >= 0.3 is 0 Å². The third kappa shape index (κ3) is 4.48. The second-order valence-electron chi connectivity index (χ2n) is 5.29. The maximum Gasteiger partial charge on any atom is 0.119 e. The Morgan fingerprint density at radius 1 is 0.955 bits per heavy atom. The zero-order valence-electron chi connectivity index (χ0n) is 12.8. The van der Waals surface area contributed by atoms with E-state index in [1.54, 1.807) is 7.11 Å². The van der Waals surface area contributed by atoms with Gasteiger partial charge in [-0.1, -0.05) is 30.3 Å². The van der Waals surface area contributed by atoms with Crippen LogP contribution < -0.4 is 10.1 Å². The number of nitrogens with one attached hydrogen (secondary N) is 1. The number of aliphatic hydroxyl groups excluding tert-OH is 2. The van der Waals surface area contributed by atoms with Gasteiger partial charge < -0.3 is 20.3 Å².